The molecule has 0 aliphatic rings. The number of carbonyl (C=O) groups excluding carboxylic acids is 2. The van der Waals surface area contributed by atoms with Crippen LogP contribution in [0.1, 0.15) is 21.5 Å². The van der Waals surface area contributed by atoms with E-state index < -0.39 is 5.91 Å². The normalized spacial score (nSPS) is 10.5. The first-order valence-electron chi connectivity index (χ1n) is 7.00. The summed E-state index contributed by atoms with van der Waals surface area (Å²) >= 11 is 0. The lowest BCUT2D eigenvalue weighted by Gasteiger charge is -2.04. The maximum absolute atomic E-state index is 11.9. The van der Waals surface area contributed by atoms with E-state index in [9.17, 15) is 9.59 Å². The number of phenols is 1. The fourth-order valence-electron chi connectivity index (χ4n) is 1.83. The Bertz CT molecular complexity index is 724. The van der Waals surface area contributed by atoms with E-state index in [1.807, 2.05) is 13.0 Å². The van der Waals surface area contributed by atoms with Crippen LogP contribution in [0.5, 0.6) is 5.75 Å². The summed E-state index contributed by atoms with van der Waals surface area (Å²) in [4.78, 5) is 23.5. The van der Waals surface area contributed by atoms with Crippen molar-refractivity contribution < 1.29 is 14.7 Å². The molecule has 0 radical (unpaired) electrons. The number of nitrogens with one attached hydrogen (secondary N) is 2. The van der Waals surface area contributed by atoms with Gasteiger partial charge in [0.15, 0.2) is 0 Å². The minimum absolute atomic E-state index is 0.157. The highest BCUT2D eigenvalue weighted by Crippen LogP contribution is 2.07. The summed E-state index contributed by atoms with van der Waals surface area (Å²) in [5, 5.41) is 15.5. The molecule has 0 saturated carbocycles. The van der Waals surface area contributed by atoms with Crippen LogP contribution >= 0.6 is 0 Å². The van der Waals surface area contributed by atoms with Gasteiger partial charge in [-0.25, -0.2) is 5.43 Å². The second kappa shape index (κ2) is 7.74. The third kappa shape index (κ3) is 5.28. The Morgan fingerprint density at radius 3 is 2.61 bits per heavy atom. The molecule has 2 rings (SSSR count). The number of hydrogen-bond acceptors (Lipinski definition) is 4. The molecule has 6 heteroatoms. The molecule has 2 aromatic rings. The molecule has 0 aromatic heterocycles. The van der Waals surface area contributed by atoms with Crippen LogP contribution in [-0.2, 0) is 4.79 Å². The number of aryl methyl sites for hydroxylation is 1. The smallest absolute Gasteiger partial charge is 0.259 e. The molecule has 0 atom stereocenters. The maximum Gasteiger partial charge on any atom is 0.259 e. The van der Waals surface area contributed by atoms with E-state index in [4.69, 9.17) is 5.11 Å². The fraction of sp³-hybridized carbons (Fsp3) is 0.118. The molecule has 2 aromatic carbocycles. The molecule has 6 nitrogen and oxygen atoms in total. The van der Waals surface area contributed by atoms with Crippen molar-refractivity contribution in [1.29, 1.82) is 0 Å². The van der Waals surface area contributed by atoms with E-state index in [1.54, 1.807) is 30.3 Å². The molecule has 0 heterocycles. The number of amides is 2. The monoisotopic (exact) mass is 311 g/mol. The Balaban J connectivity index is 1.78. The van der Waals surface area contributed by atoms with Crippen LogP contribution in [0.25, 0.3) is 0 Å². The average molecular weight is 311 g/mol. The van der Waals surface area contributed by atoms with Crippen molar-refractivity contribution in [3.63, 3.8) is 0 Å². The Kier molecular flexibility index (Phi) is 5.46. The molecule has 0 spiro atoms. The van der Waals surface area contributed by atoms with Crippen LogP contribution in [0, 0.1) is 6.92 Å². The molecule has 3 N–H and O–H groups in total. The quantitative estimate of drug-likeness (QED) is 0.578. The summed E-state index contributed by atoms with van der Waals surface area (Å²) in [6.07, 6.45) is 1.44. The van der Waals surface area contributed by atoms with Crippen LogP contribution < -0.4 is 10.7 Å². The zero-order chi connectivity index (χ0) is 16.7. The molecule has 0 fully saturated rings. The van der Waals surface area contributed by atoms with Gasteiger partial charge < -0.3 is 10.4 Å². The Labute approximate surface area is 133 Å². The van der Waals surface area contributed by atoms with Gasteiger partial charge in [-0.15, -0.1) is 0 Å². The van der Waals surface area contributed by atoms with Crippen molar-refractivity contribution in [2.45, 2.75) is 6.92 Å². The molecule has 0 unspecified atom stereocenters. The lowest BCUT2D eigenvalue weighted by molar-refractivity contribution is -0.120. The number of aromatic hydroxyl groups is 1. The lowest BCUT2D eigenvalue weighted by atomic mass is 10.1. The van der Waals surface area contributed by atoms with Crippen LogP contribution in [0.4, 0.5) is 0 Å². The number of carbonyl (C=O) groups is 2. The molecule has 2 amide bonds. The van der Waals surface area contributed by atoms with Crippen LogP contribution in [0.15, 0.2) is 53.6 Å². The maximum atomic E-state index is 11.9. The van der Waals surface area contributed by atoms with Gasteiger partial charge in [-0.2, -0.15) is 5.10 Å². The first-order valence-corrected chi connectivity index (χ1v) is 7.00. The van der Waals surface area contributed by atoms with Crippen molar-refractivity contribution in [3.8, 4) is 5.75 Å². The third-order valence-corrected chi connectivity index (χ3v) is 2.99. The zero-order valence-electron chi connectivity index (χ0n) is 12.6. The minimum Gasteiger partial charge on any atom is -0.508 e. The summed E-state index contributed by atoms with van der Waals surface area (Å²) in [6.45, 7) is 1.72. The topological polar surface area (TPSA) is 90.8 Å². The summed E-state index contributed by atoms with van der Waals surface area (Å²) in [5.74, 6) is -0.586. The lowest BCUT2D eigenvalue weighted by Crippen LogP contribution is -2.34. The van der Waals surface area contributed by atoms with Gasteiger partial charge in [0.2, 0.25) is 0 Å². The van der Waals surface area contributed by atoms with E-state index in [0.717, 1.165) is 11.1 Å². The highest BCUT2D eigenvalue weighted by atomic mass is 16.3. The number of benzene rings is 2. The van der Waals surface area contributed by atoms with Gasteiger partial charge in [-0.3, -0.25) is 9.59 Å². The van der Waals surface area contributed by atoms with E-state index in [1.165, 1.54) is 18.3 Å². The Hall–Kier alpha value is -3.15. The second-order valence-electron chi connectivity index (χ2n) is 4.94. The summed E-state index contributed by atoms with van der Waals surface area (Å²) in [6, 6.07) is 13.5. The molecule has 0 aliphatic heterocycles. The second-order valence-corrected chi connectivity index (χ2v) is 4.94. The van der Waals surface area contributed by atoms with Gasteiger partial charge in [0.1, 0.15) is 5.75 Å². The standard InChI is InChI=1S/C17H17N3O3/c1-12-3-2-4-14(9-12)17(23)18-11-16(22)20-19-10-13-5-7-15(21)8-6-13/h2-10,21H,11H2,1H3,(H,18,23)(H,20,22)/b19-10+. The number of hydrazone groups is 1. The van der Waals surface area contributed by atoms with Gasteiger partial charge in [0, 0.05) is 5.56 Å². The van der Waals surface area contributed by atoms with Crippen LogP contribution in [-0.4, -0.2) is 29.7 Å². The Morgan fingerprint density at radius 1 is 1.17 bits per heavy atom. The fourth-order valence-corrected chi connectivity index (χ4v) is 1.83. The average Bonchev–Trinajstić information content (AvgIpc) is 2.54. The molecule has 118 valence electrons. The molecule has 0 saturated heterocycles. The third-order valence-electron chi connectivity index (χ3n) is 2.99. The first kappa shape index (κ1) is 16.2. The molecular weight excluding hydrogens is 294 g/mol. The molecule has 0 aliphatic carbocycles. The van der Waals surface area contributed by atoms with Crippen LogP contribution in [0.2, 0.25) is 0 Å². The summed E-state index contributed by atoms with van der Waals surface area (Å²) in [7, 11) is 0. The Morgan fingerprint density at radius 2 is 1.91 bits per heavy atom. The summed E-state index contributed by atoms with van der Waals surface area (Å²) in [5.41, 5.74) is 4.52. The van der Waals surface area contributed by atoms with Crippen molar-refractivity contribution in [2.75, 3.05) is 6.54 Å². The predicted molar refractivity (Wildman–Crippen MR) is 87.4 cm³/mol. The van der Waals surface area contributed by atoms with E-state index in [2.05, 4.69) is 15.8 Å². The molecular formula is C17H17N3O3. The largest absolute Gasteiger partial charge is 0.508 e. The highest BCUT2D eigenvalue weighted by molar-refractivity contribution is 5.96. The van der Waals surface area contributed by atoms with E-state index in [0.29, 0.717) is 5.56 Å². The zero-order valence-corrected chi connectivity index (χ0v) is 12.6. The molecule has 0 bridgehead atoms. The minimum atomic E-state index is -0.430. The number of hydrogen-bond donors (Lipinski definition) is 3. The number of phenolic OH excluding ortho intramolecular Hbond substituents is 1. The van der Waals surface area contributed by atoms with E-state index >= 15 is 0 Å². The first-order chi connectivity index (χ1) is 11.0. The number of nitrogens with zero attached hydrogens (tertiary/aromatic N) is 1. The van der Waals surface area contributed by atoms with E-state index in [-0.39, 0.29) is 18.2 Å². The van der Waals surface area contributed by atoms with Gasteiger partial charge in [0.05, 0.1) is 12.8 Å². The van der Waals surface area contributed by atoms with Crippen molar-refractivity contribution in [3.05, 3.63) is 65.2 Å². The van der Waals surface area contributed by atoms with Crippen molar-refractivity contribution in [1.82, 2.24) is 10.7 Å². The van der Waals surface area contributed by atoms with Crippen molar-refractivity contribution >= 4 is 18.0 Å². The van der Waals surface area contributed by atoms with Gasteiger partial charge in [-0.1, -0.05) is 17.7 Å². The van der Waals surface area contributed by atoms with Gasteiger partial charge >= 0.3 is 0 Å². The van der Waals surface area contributed by atoms with Crippen LogP contribution in [0.3, 0.4) is 0 Å². The molecule has 23 heavy (non-hydrogen) atoms. The van der Waals surface area contributed by atoms with Gasteiger partial charge in [0.25, 0.3) is 11.8 Å². The number of rotatable bonds is 5. The summed E-state index contributed by atoms with van der Waals surface area (Å²) < 4.78 is 0. The highest BCUT2D eigenvalue weighted by Gasteiger charge is 2.07. The SMILES string of the molecule is Cc1cccc(C(=O)NCC(=O)N/N=C/c2ccc(O)cc2)c1. The van der Waals surface area contributed by atoms with Gasteiger partial charge in [-0.05, 0) is 48.9 Å². The predicted octanol–water partition coefficient (Wildman–Crippen LogP) is 1.58. The van der Waals surface area contributed by atoms with Crippen molar-refractivity contribution in [2.24, 2.45) is 5.10 Å².